The topological polar surface area (TPSA) is 81.0 Å². The first-order chi connectivity index (χ1) is 8.70. The van der Waals surface area contributed by atoms with Gasteiger partial charge in [0.15, 0.2) is 0 Å². The average Bonchev–Trinajstić information content (AvgIpc) is 2.36. The highest BCUT2D eigenvalue weighted by Gasteiger charge is 2.20. The van der Waals surface area contributed by atoms with Gasteiger partial charge in [-0.25, -0.2) is 4.39 Å². The Hall–Kier alpha value is -1.78. The zero-order valence-corrected chi connectivity index (χ0v) is 9.88. The molecule has 0 spiro atoms. The van der Waals surface area contributed by atoms with Gasteiger partial charge in [0.2, 0.25) is 0 Å². The molecule has 2 N–H and O–H groups in total. The van der Waals surface area contributed by atoms with Crippen molar-refractivity contribution in [1.29, 1.82) is 0 Å². The van der Waals surface area contributed by atoms with Crippen molar-refractivity contribution in [3.63, 3.8) is 0 Å². The van der Waals surface area contributed by atoms with Crippen LogP contribution < -0.4 is 5.32 Å². The summed E-state index contributed by atoms with van der Waals surface area (Å²) >= 11 is 0. The van der Waals surface area contributed by atoms with Gasteiger partial charge in [-0.05, 0) is 37.3 Å². The Kier molecular flexibility index (Phi) is 4.02. The van der Waals surface area contributed by atoms with Gasteiger partial charge >= 0.3 is 0 Å². The lowest BCUT2D eigenvalue weighted by atomic mass is 9.93. The molecule has 0 atom stereocenters. The van der Waals surface area contributed by atoms with Gasteiger partial charge < -0.3 is 10.4 Å². The first kappa shape index (κ1) is 12.7. The van der Waals surface area contributed by atoms with Crippen molar-refractivity contribution < 1.29 is 9.50 Å². The number of aliphatic hydroxyl groups excluding tert-OH is 1. The van der Waals surface area contributed by atoms with Crippen molar-refractivity contribution >= 4 is 11.4 Å². The number of anilines is 1. The molecular formula is C12H15FN4O. The van der Waals surface area contributed by atoms with E-state index in [0.717, 1.165) is 12.8 Å². The van der Waals surface area contributed by atoms with E-state index in [-0.39, 0.29) is 23.5 Å². The maximum Gasteiger partial charge on any atom is 0.146 e. The molecule has 0 aliphatic heterocycles. The van der Waals surface area contributed by atoms with Gasteiger partial charge in [-0.1, -0.05) is 17.2 Å². The molecule has 6 heteroatoms. The summed E-state index contributed by atoms with van der Waals surface area (Å²) in [7, 11) is 0. The number of hydrogen-bond donors (Lipinski definition) is 2. The molecule has 1 aliphatic rings. The number of benzene rings is 1. The van der Waals surface area contributed by atoms with E-state index in [9.17, 15) is 9.50 Å². The van der Waals surface area contributed by atoms with Crippen LogP contribution >= 0.6 is 0 Å². The number of nitrogens with one attached hydrogen (secondary N) is 1. The Bertz CT molecular complexity index is 465. The van der Waals surface area contributed by atoms with Crippen LogP contribution in [-0.2, 0) is 0 Å². The fourth-order valence-corrected chi connectivity index (χ4v) is 2.21. The van der Waals surface area contributed by atoms with Gasteiger partial charge in [0, 0.05) is 11.0 Å². The second-order valence-corrected chi connectivity index (χ2v) is 4.47. The molecular weight excluding hydrogens is 235 g/mol. The first-order valence-corrected chi connectivity index (χ1v) is 5.99. The van der Waals surface area contributed by atoms with Crippen molar-refractivity contribution in [3.05, 3.63) is 34.5 Å². The minimum Gasteiger partial charge on any atom is -0.393 e. The maximum absolute atomic E-state index is 13.7. The lowest BCUT2D eigenvalue weighted by Crippen LogP contribution is -2.28. The average molecular weight is 250 g/mol. The monoisotopic (exact) mass is 250 g/mol. The smallest absolute Gasteiger partial charge is 0.146 e. The summed E-state index contributed by atoms with van der Waals surface area (Å²) in [5.41, 5.74) is 8.96. The highest BCUT2D eigenvalue weighted by molar-refractivity contribution is 5.66. The van der Waals surface area contributed by atoms with E-state index in [1.165, 1.54) is 12.1 Å². The van der Waals surface area contributed by atoms with Gasteiger partial charge in [-0.15, -0.1) is 0 Å². The van der Waals surface area contributed by atoms with Crippen LogP contribution in [0.2, 0.25) is 0 Å². The van der Waals surface area contributed by atoms with Crippen LogP contribution in [0, 0.1) is 5.82 Å². The highest BCUT2D eigenvalue weighted by Crippen LogP contribution is 2.31. The predicted octanol–water partition coefficient (Wildman–Crippen LogP) is 3.48. The number of rotatable bonds is 3. The van der Waals surface area contributed by atoms with E-state index in [2.05, 4.69) is 15.3 Å². The summed E-state index contributed by atoms with van der Waals surface area (Å²) in [5.74, 6) is -0.425. The second kappa shape index (κ2) is 5.71. The third kappa shape index (κ3) is 2.91. The molecule has 18 heavy (non-hydrogen) atoms. The molecule has 0 bridgehead atoms. The summed E-state index contributed by atoms with van der Waals surface area (Å²) < 4.78 is 13.7. The second-order valence-electron chi connectivity index (χ2n) is 4.47. The van der Waals surface area contributed by atoms with Gasteiger partial charge in [0.05, 0.1) is 17.5 Å². The van der Waals surface area contributed by atoms with E-state index in [1.54, 1.807) is 6.07 Å². The number of hydrogen-bond acceptors (Lipinski definition) is 3. The van der Waals surface area contributed by atoms with E-state index in [1.807, 2.05) is 0 Å². The van der Waals surface area contributed by atoms with E-state index < -0.39 is 5.82 Å². The normalized spacial score (nSPS) is 23.2. The molecule has 0 amide bonds. The van der Waals surface area contributed by atoms with Crippen molar-refractivity contribution in [2.45, 2.75) is 37.8 Å². The molecule has 1 saturated carbocycles. The Morgan fingerprint density at radius 1 is 1.33 bits per heavy atom. The molecule has 0 unspecified atom stereocenters. The van der Waals surface area contributed by atoms with E-state index in [0.29, 0.717) is 12.8 Å². The molecule has 2 rings (SSSR count). The zero-order chi connectivity index (χ0) is 13.0. The molecule has 0 aromatic heterocycles. The largest absolute Gasteiger partial charge is 0.393 e. The Morgan fingerprint density at radius 3 is 2.72 bits per heavy atom. The SMILES string of the molecule is [N-]=[N+]=Nc1cccc(F)c1NC1CCC(O)CC1. The number of nitrogens with zero attached hydrogens (tertiary/aromatic N) is 3. The summed E-state index contributed by atoms with van der Waals surface area (Å²) in [4.78, 5) is 2.69. The fraction of sp³-hybridized carbons (Fsp3) is 0.500. The Balaban J connectivity index is 2.15. The first-order valence-electron chi connectivity index (χ1n) is 5.99. The molecule has 1 fully saturated rings. The minimum absolute atomic E-state index is 0.109. The van der Waals surface area contributed by atoms with Crippen molar-refractivity contribution in [1.82, 2.24) is 0 Å². The van der Waals surface area contributed by atoms with Gasteiger partial charge in [-0.2, -0.15) is 0 Å². The molecule has 0 saturated heterocycles. The molecule has 0 heterocycles. The van der Waals surface area contributed by atoms with Crippen molar-refractivity contribution in [2.24, 2.45) is 5.11 Å². The highest BCUT2D eigenvalue weighted by atomic mass is 19.1. The summed E-state index contributed by atoms with van der Waals surface area (Å²) in [6.45, 7) is 0. The Morgan fingerprint density at radius 2 is 2.06 bits per heavy atom. The molecule has 1 aliphatic carbocycles. The van der Waals surface area contributed by atoms with Crippen LogP contribution in [0.15, 0.2) is 23.3 Å². The maximum atomic E-state index is 13.7. The summed E-state index contributed by atoms with van der Waals surface area (Å²) in [5, 5.41) is 16.0. The third-order valence-electron chi connectivity index (χ3n) is 3.19. The minimum atomic E-state index is -0.425. The van der Waals surface area contributed by atoms with E-state index >= 15 is 0 Å². The predicted molar refractivity (Wildman–Crippen MR) is 67.1 cm³/mol. The number of halogens is 1. The lowest BCUT2D eigenvalue weighted by molar-refractivity contribution is 0.126. The van der Waals surface area contributed by atoms with Crippen LogP contribution in [-0.4, -0.2) is 17.3 Å². The fourth-order valence-electron chi connectivity index (χ4n) is 2.21. The molecule has 5 nitrogen and oxygen atoms in total. The van der Waals surface area contributed by atoms with Gasteiger partial charge in [-0.3, -0.25) is 0 Å². The zero-order valence-electron chi connectivity index (χ0n) is 9.88. The third-order valence-corrected chi connectivity index (χ3v) is 3.19. The van der Waals surface area contributed by atoms with E-state index in [4.69, 9.17) is 5.53 Å². The number of aliphatic hydroxyl groups is 1. The van der Waals surface area contributed by atoms with Gasteiger partial charge in [0.1, 0.15) is 5.82 Å². The lowest BCUT2D eigenvalue weighted by Gasteiger charge is -2.27. The standard InChI is InChI=1S/C12H15FN4O/c13-10-2-1-3-11(16-17-14)12(10)15-8-4-6-9(18)7-5-8/h1-3,8-9,15,18H,4-7H2. The number of para-hydroxylation sites is 1. The van der Waals surface area contributed by atoms with Crippen LogP contribution in [0.5, 0.6) is 0 Å². The van der Waals surface area contributed by atoms with Crippen LogP contribution in [0.25, 0.3) is 10.4 Å². The van der Waals surface area contributed by atoms with Crippen LogP contribution in [0.3, 0.4) is 0 Å². The molecule has 96 valence electrons. The molecule has 1 aromatic rings. The molecule has 0 radical (unpaired) electrons. The summed E-state index contributed by atoms with van der Waals surface area (Å²) in [6.07, 6.45) is 2.74. The molecule has 1 aromatic carbocycles. The quantitative estimate of drug-likeness (QED) is 0.489. The van der Waals surface area contributed by atoms with Crippen LogP contribution in [0.4, 0.5) is 15.8 Å². The number of azide groups is 1. The van der Waals surface area contributed by atoms with Crippen molar-refractivity contribution in [3.8, 4) is 0 Å². The van der Waals surface area contributed by atoms with Crippen molar-refractivity contribution in [2.75, 3.05) is 5.32 Å². The Labute approximate surface area is 104 Å². The van der Waals surface area contributed by atoms with Crippen LogP contribution in [0.1, 0.15) is 25.7 Å². The van der Waals surface area contributed by atoms with Gasteiger partial charge in [0.25, 0.3) is 0 Å². The summed E-state index contributed by atoms with van der Waals surface area (Å²) in [6, 6.07) is 4.52.